The minimum absolute atomic E-state index is 0.0239. The number of likely N-dealkylation sites (tertiary alicyclic amines) is 1. The van der Waals surface area contributed by atoms with E-state index in [0.717, 1.165) is 24.8 Å². The highest BCUT2D eigenvalue weighted by molar-refractivity contribution is 7.89. The van der Waals surface area contributed by atoms with E-state index in [1.54, 1.807) is 35.2 Å². The molecule has 0 aromatic heterocycles. The zero-order valence-corrected chi connectivity index (χ0v) is 21.8. The predicted molar refractivity (Wildman–Crippen MR) is 137 cm³/mol. The predicted octanol–water partition coefficient (Wildman–Crippen LogP) is 3.37. The summed E-state index contributed by atoms with van der Waals surface area (Å²) in [6.07, 6.45) is 3.59. The van der Waals surface area contributed by atoms with E-state index in [1.165, 1.54) is 4.31 Å². The molecule has 1 spiro atoms. The van der Waals surface area contributed by atoms with Crippen LogP contribution in [0.3, 0.4) is 0 Å². The zero-order valence-electron chi connectivity index (χ0n) is 21.0. The number of amides is 1. The summed E-state index contributed by atoms with van der Waals surface area (Å²) in [6.45, 7) is 1.41. The Bertz CT molecular complexity index is 1200. The molecule has 0 aliphatic carbocycles. The summed E-state index contributed by atoms with van der Waals surface area (Å²) >= 11 is 0. The number of ether oxygens (including phenoxy) is 2. The summed E-state index contributed by atoms with van der Waals surface area (Å²) in [6, 6.07) is 17.6. The largest absolute Gasteiger partial charge is 0.353 e. The summed E-state index contributed by atoms with van der Waals surface area (Å²) in [5, 5.41) is 0. The lowest BCUT2D eigenvalue weighted by molar-refractivity contribution is -0.164. The molecule has 0 N–H and O–H groups in total. The van der Waals surface area contributed by atoms with Gasteiger partial charge in [-0.05, 0) is 49.8 Å². The van der Waals surface area contributed by atoms with E-state index in [9.17, 15) is 18.0 Å². The number of benzene rings is 2. The third-order valence-corrected chi connectivity index (χ3v) is 9.59. The van der Waals surface area contributed by atoms with Crippen LogP contribution in [-0.4, -0.2) is 67.9 Å². The Hall–Kier alpha value is -2.59. The maximum Gasteiger partial charge on any atom is 0.243 e. The molecule has 2 aromatic rings. The number of sulfonamides is 1. The molecule has 3 saturated heterocycles. The van der Waals surface area contributed by atoms with Crippen LogP contribution in [0.25, 0.3) is 0 Å². The Balaban J connectivity index is 1.38. The molecule has 3 fully saturated rings. The van der Waals surface area contributed by atoms with Gasteiger partial charge in [0, 0.05) is 38.7 Å². The van der Waals surface area contributed by atoms with Crippen LogP contribution < -0.4 is 0 Å². The first-order chi connectivity index (χ1) is 17.9. The summed E-state index contributed by atoms with van der Waals surface area (Å²) in [7, 11) is -3.83. The van der Waals surface area contributed by atoms with E-state index in [2.05, 4.69) is 0 Å². The van der Waals surface area contributed by atoms with Gasteiger partial charge in [0.2, 0.25) is 15.9 Å². The first-order valence-electron chi connectivity index (χ1n) is 13.1. The van der Waals surface area contributed by atoms with Crippen molar-refractivity contribution >= 4 is 21.7 Å². The fourth-order valence-electron chi connectivity index (χ4n) is 5.70. The number of hydrogen-bond acceptors (Lipinski definition) is 6. The number of hydrogen-bond donors (Lipinski definition) is 0. The number of piperidine rings is 1. The van der Waals surface area contributed by atoms with Crippen molar-refractivity contribution in [2.45, 2.75) is 62.3 Å². The summed E-state index contributed by atoms with van der Waals surface area (Å²) in [5.74, 6) is -0.456. The van der Waals surface area contributed by atoms with Gasteiger partial charge in [0.15, 0.2) is 12.1 Å². The van der Waals surface area contributed by atoms with Crippen LogP contribution in [0.5, 0.6) is 0 Å². The fraction of sp³-hybridized carbons (Fsp3) is 0.500. The monoisotopic (exact) mass is 526 g/mol. The van der Waals surface area contributed by atoms with Crippen LogP contribution in [0.15, 0.2) is 65.6 Å². The number of nitrogens with zero attached hydrogens (tertiary/aromatic N) is 2. The minimum atomic E-state index is -3.83. The molecular weight excluding hydrogens is 492 g/mol. The zero-order chi connectivity index (χ0) is 25.9. The van der Waals surface area contributed by atoms with Crippen LogP contribution >= 0.6 is 0 Å². The number of ketones is 1. The maximum absolute atomic E-state index is 14.0. The van der Waals surface area contributed by atoms with Gasteiger partial charge in [-0.3, -0.25) is 9.59 Å². The summed E-state index contributed by atoms with van der Waals surface area (Å²) in [4.78, 5) is 29.3. The summed E-state index contributed by atoms with van der Waals surface area (Å²) in [5.41, 5.74) is -0.410. The SMILES string of the molecule is O=C1CCN(S(=O)(=O)c2ccccc2)C[C@@]12C[C@H](CCOC1CCCCO1)N(Cc1ccccc1)C2=O. The van der Waals surface area contributed by atoms with Crippen LogP contribution in [0.2, 0.25) is 0 Å². The molecular formula is C28H34N2O6S. The molecule has 3 heterocycles. The molecule has 3 atom stereocenters. The quantitative estimate of drug-likeness (QED) is 0.490. The number of carbonyl (C=O) groups is 2. The molecule has 0 bridgehead atoms. The van der Waals surface area contributed by atoms with Gasteiger partial charge in [-0.25, -0.2) is 8.42 Å². The van der Waals surface area contributed by atoms with Crippen LogP contribution in [-0.2, 0) is 35.6 Å². The molecule has 1 unspecified atom stereocenters. The standard InChI is InChI=1S/C28H34N2O6S/c31-25-14-16-29(37(33,34)24-11-5-2-6-12-24)21-28(25)19-23(15-18-36-26-13-7-8-17-35-26)30(27(28)32)20-22-9-3-1-4-10-22/h1-6,9-12,23,26H,7-8,13-21H2/t23-,26?,28-/m0/s1. The Morgan fingerprint density at radius 1 is 1.00 bits per heavy atom. The average molecular weight is 527 g/mol. The van der Waals surface area contributed by atoms with Crippen molar-refractivity contribution in [2.75, 3.05) is 26.3 Å². The average Bonchev–Trinajstić information content (AvgIpc) is 3.18. The van der Waals surface area contributed by atoms with E-state index in [-0.39, 0.29) is 54.8 Å². The van der Waals surface area contributed by atoms with Crippen LogP contribution in [0.4, 0.5) is 0 Å². The smallest absolute Gasteiger partial charge is 0.243 e. The molecule has 8 nitrogen and oxygen atoms in total. The molecule has 0 saturated carbocycles. The molecule has 0 radical (unpaired) electrons. The van der Waals surface area contributed by atoms with Crippen molar-refractivity contribution in [1.29, 1.82) is 0 Å². The van der Waals surface area contributed by atoms with Gasteiger partial charge in [0.25, 0.3) is 0 Å². The van der Waals surface area contributed by atoms with Crippen molar-refractivity contribution in [3.05, 3.63) is 66.2 Å². The highest BCUT2D eigenvalue weighted by Gasteiger charge is 2.59. The Kier molecular flexibility index (Phi) is 7.76. The van der Waals surface area contributed by atoms with Gasteiger partial charge >= 0.3 is 0 Å². The van der Waals surface area contributed by atoms with Gasteiger partial charge < -0.3 is 14.4 Å². The first kappa shape index (κ1) is 26.0. The molecule has 3 aliphatic heterocycles. The Morgan fingerprint density at radius 2 is 1.73 bits per heavy atom. The lowest BCUT2D eigenvalue weighted by Crippen LogP contribution is -2.54. The van der Waals surface area contributed by atoms with E-state index in [4.69, 9.17) is 9.47 Å². The first-order valence-corrected chi connectivity index (χ1v) is 14.5. The van der Waals surface area contributed by atoms with Crippen LogP contribution in [0, 0.1) is 5.41 Å². The molecule has 3 aliphatic rings. The highest BCUT2D eigenvalue weighted by atomic mass is 32.2. The van der Waals surface area contributed by atoms with Gasteiger partial charge in [-0.15, -0.1) is 0 Å². The normalized spacial score (nSPS) is 27.2. The second-order valence-electron chi connectivity index (χ2n) is 10.1. The molecule has 2 aromatic carbocycles. The second-order valence-corrected chi connectivity index (χ2v) is 12.1. The molecule has 1 amide bonds. The molecule has 5 rings (SSSR count). The lowest BCUT2D eigenvalue weighted by atomic mass is 9.76. The third-order valence-electron chi connectivity index (χ3n) is 7.73. The molecule has 198 valence electrons. The van der Waals surface area contributed by atoms with Crippen molar-refractivity contribution in [2.24, 2.45) is 5.41 Å². The van der Waals surface area contributed by atoms with Crippen molar-refractivity contribution in [1.82, 2.24) is 9.21 Å². The van der Waals surface area contributed by atoms with E-state index in [1.807, 2.05) is 30.3 Å². The third kappa shape index (κ3) is 5.36. The van der Waals surface area contributed by atoms with E-state index >= 15 is 0 Å². The number of rotatable bonds is 8. The van der Waals surface area contributed by atoms with Crippen LogP contribution in [0.1, 0.15) is 44.1 Å². The Labute approximate surface area is 218 Å². The molecule has 9 heteroatoms. The number of Topliss-reactive ketones (excluding diaryl/α,β-unsaturated/α-hetero) is 1. The summed E-state index contributed by atoms with van der Waals surface area (Å²) < 4.78 is 39.8. The van der Waals surface area contributed by atoms with Gasteiger partial charge in [-0.1, -0.05) is 48.5 Å². The number of carbonyl (C=O) groups excluding carboxylic acids is 2. The lowest BCUT2D eigenvalue weighted by Gasteiger charge is -2.37. The van der Waals surface area contributed by atoms with Crippen molar-refractivity contribution in [3.63, 3.8) is 0 Å². The second kappa shape index (κ2) is 11.0. The fourth-order valence-corrected chi connectivity index (χ4v) is 7.22. The van der Waals surface area contributed by atoms with E-state index < -0.39 is 15.4 Å². The Morgan fingerprint density at radius 3 is 2.43 bits per heavy atom. The van der Waals surface area contributed by atoms with E-state index in [0.29, 0.717) is 26.2 Å². The van der Waals surface area contributed by atoms with Gasteiger partial charge in [0.1, 0.15) is 5.41 Å². The maximum atomic E-state index is 14.0. The topological polar surface area (TPSA) is 93.2 Å². The van der Waals surface area contributed by atoms with Gasteiger partial charge in [-0.2, -0.15) is 4.31 Å². The van der Waals surface area contributed by atoms with Gasteiger partial charge in [0.05, 0.1) is 11.5 Å². The van der Waals surface area contributed by atoms with Crippen molar-refractivity contribution in [3.8, 4) is 0 Å². The van der Waals surface area contributed by atoms with Crippen molar-refractivity contribution < 1.29 is 27.5 Å². The minimum Gasteiger partial charge on any atom is -0.353 e. The highest BCUT2D eigenvalue weighted by Crippen LogP contribution is 2.44. The molecule has 37 heavy (non-hydrogen) atoms.